The number of nitriles is 1. The maximum atomic E-state index is 12.0. The first kappa shape index (κ1) is 18.8. The molecule has 1 aromatic carbocycles. The number of amides is 2. The average molecular weight is 343 g/mol. The van der Waals surface area contributed by atoms with Crippen LogP contribution in [-0.4, -0.2) is 43.0 Å². The molecule has 25 heavy (non-hydrogen) atoms. The molecular formula is C19H25N3O3. The van der Waals surface area contributed by atoms with Gasteiger partial charge in [0.1, 0.15) is 12.2 Å². The van der Waals surface area contributed by atoms with Crippen LogP contribution in [0.3, 0.4) is 0 Å². The second-order valence-corrected chi connectivity index (χ2v) is 6.45. The van der Waals surface area contributed by atoms with E-state index in [1.54, 1.807) is 4.90 Å². The maximum absolute atomic E-state index is 12.0. The fourth-order valence-electron chi connectivity index (χ4n) is 2.90. The quantitative estimate of drug-likeness (QED) is 0.856. The summed E-state index contributed by atoms with van der Waals surface area (Å²) in [6, 6.07) is 7.68. The first-order valence-corrected chi connectivity index (χ1v) is 8.61. The van der Waals surface area contributed by atoms with Gasteiger partial charge in [0.25, 0.3) is 5.91 Å². The van der Waals surface area contributed by atoms with Crippen LogP contribution in [0.25, 0.3) is 0 Å². The van der Waals surface area contributed by atoms with Crippen LogP contribution < -0.4 is 10.1 Å². The number of likely N-dealkylation sites (tertiary alicyclic amines) is 1. The number of hydrogen-bond acceptors (Lipinski definition) is 4. The Morgan fingerprint density at radius 2 is 2.04 bits per heavy atom. The molecule has 1 heterocycles. The standard InChI is InChI=1S/C19H25N3O3/c1-14-4-3-5-17(15(14)2)25-13-18(23)21-12-16-7-10-22(11-8-16)19(24)6-9-20/h3-5,16H,6-8,10-13H2,1-2H3,(H,21,23). The van der Waals surface area contributed by atoms with Crippen LogP contribution in [0.15, 0.2) is 18.2 Å². The van der Waals surface area contributed by atoms with Gasteiger partial charge >= 0.3 is 0 Å². The number of aryl methyl sites for hydroxylation is 1. The normalized spacial score (nSPS) is 14.7. The van der Waals surface area contributed by atoms with E-state index in [1.165, 1.54) is 0 Å². The molecule has 6 heteroatoms. The van der Waals surface area contributed by atoms with Gasteiger partial charge in [-0.1, -0.05) is 12.1 Å². The van der Waals surface area contributed by atoms with E-state index in [0.29, 0.717) is 25.6 Å². The second kappa shape index (κ2) is 9.07. The van der Waals surface area contributed by atoms with Gasteiger partial charge in [0.15, 0.2) is 6.61 Å². The highest BCUT2D eigenvalue weighted by molar-refractivity contribution is 5.78. The molecule has 1 fully saturated rings. The third kappa shape index (κ3) is 5.49. The number of benzene rings is 1. The first-order chi connectivity index (χ1) is 12.0. The van der Waals surface area contributed by atoms with E-state index < -0.39 is 0 Å². The Hall–Kier alpha value is -2.55. The Kier molecular flexibility index (Phi) is 6.81. The number of piperidine rings is 1. The number of nitrogens with zero attached hydrogens (tertiary/aromatic N) is 2. The van der Waals surface area contributed by atoms with Crippen molar-refractivity contribution in [1.29, 1.82) is 5.26 Å². The Morgan fingerprint density at radius 3 is 2.72 bits per heavy atom. The fourth-order valence-corrected chi connectivity index (χ4v) is 2.90. The molecule has 0 aromatic heterocycles. The molecule has 1 saturated heterocycles. The summed E-state index contributed by atoms with van der Waals surface area (Å²) in [4.78, 5) is 25.4. The molecule has 1 aliphatic heterocycles. The van der Waals surface area contributed by atoms with Gasteiger partial charge in [-0.05, 0) is 49.8 Å². The number of ether oxygens (including phenoxy) is 1. The third-order valence-electron chi connectivity index (χ3n) is 4.70. The highest BCUT2D eigenvalue weighted by atomic mass is 16.5. The summed E-state index contributed by atoms with van der Waals surface area (Å²) in [6.45, 7) is 5.89. The minimum atomic E-state index is -0.135. The summed E-state index contributed by atoms with van der Waals surface area (Å²) in [7, 11) is 0. The van der Waals surface area contributed by atoms with Crippen molar-refractivity contribution in [1.82, 2.24) is 10.2 Å². The van der Waals surface area contributed by atoms with Crippen molar-refractivity contribution in [2.45, 2.75) is 33.1 Å². The lowest BCUT2D eigenvalue weighted by atomic mass is 9.96. The molecular weight excluding hydrogens is 318 g/mol. The zero-order valence-corrected chi connectivity index (χ0v) is 14.9. The van der Waals surface area contributed by atoms with Gasteiger partial charge in [-0.25, -0.2) is 0 Å². The van der Waals surface area contributed by atoms with Crippen LogP contribution in [0.2, 0.25) is 0 Å². The highest BCUT2D eigenvalue weighted by Gasteiger charge is 2.22. The van der Waals surface area contributed by atoms with Gasteiger partial charge < -0.3 is 15.0 Å². The smallest absolute Gasteiger partial charge is 0.257 e. The van der Waals surface area contributed by atoms with E-state index in [-0.39, 0.29) is 24.8 Å². The summed E-state index contributed by atoms with van der Waals surface area (Å²) >= 11 is 0. The van der Waals surface area contributed by atoms with Crippen molar-refractivity contribution < 1.29 is 14.3 Å². The minimum absolute atomic E-state index is 0.00376. The van der Waals surface area contributed by atoms with Crippen molar-refractivity contribution in [3.05, 3.63) is 29.3 Å². The molecule has 1 aromatic rings. The highest BCUT2D eigenvalue weighted by Crippen LogP contribution is 2.20. The number of rotatable bonds is 6. The van der Waals surface area contributed by atoms with E-state index >= 15 is 0 Å². The number of hydrogen-bond donors (Lipinski definition) is 1. The van der Waals surface area contributed by atoms with Gasteiger partial charge in [0, 0.05) is 19.6 Å². The largest absolute Gasteiger partial charge is 0.483 e. The third-order valence-corrected chi connectivity index (χ3v) is 4.70. The molecule has 134 valence electrons. The monoisotopic (exact) mass is 343 g/mol. The second-order valence-electron chi connectivity index (χ2n) is 6.45. The van der Waals surface area contributed by atoms with Crippen molar-refractivity contribution in [3.63, 3.8) is 0 Å². The Bertz CT molecular complexity index is 658. The molecule has 2 amide bonds. The molecule has 1 aliphatic rings. The topological polar surface area (TPSA) is 82.4 Å². The lowest BCUT2D eigenvalue weighted by Gasteiger charge is -2.31. The maximum Gasteiger partial charge on any atom is 0.257 e. The van der Waals surface area contributed by atoms with Crippen LogP contribution in [0.4, 0.5) is 0 Å². The van der Waals surface area contributed by atoms with Gasteiger partial charge in [-0.15, -0.1) is 0 Å². The molecule has 0 spiro atoms. The molecule has 2 rings (SSSR count). The number of carbonyl (C=O) groups is 2. The van der Waals surface area contributed by atoms with Crippen LogP contribution in [0.5, 0.6) is 5.75 Å². The lowest BCUT2D eigenvalue weighted by molar-refractivity contribution is -0.131. The van der Waals surface area contributed by atoms with Crippen molar-refractivity contribution in [3.8, 4) is 11.8 Å². The summed E-state index contributed by atoms with van der Waals surface area (Å²) in [5.41, 5.74) is 2.18. The molecule has 1 N–H and O–H groups in total. The van der Waals surface area contributed by atoms with Crippen molar-refractivity contribution in [2.24, 2.45) is 5.92 Å². The van der Waals surface area contributed by atoms with Gasteiger partial charge in [0.05, 0.1) is 6.07 Å². The van der Waals surface area contributed by atoms with E-state index in [2.05, 4.69) is 5.32 Å². The van der Waals surface area contributed by atoms with E-state index in [4.69, 9.17) is 10.00 Å². The molecule has 0 atom stereocenters. The Balaban J connectivity index is 1.68. The van der Waals surface area contributed by atoms with Gasteiger partial charge in [-0.3, -0.25) is 9.59 Å². The lowest BCUT2D eigenvalue weighted by Crippen LogP contribution is -2.42. The van der Waals surface area contributed by atoms with Crippen molar-refractivity contribution in [2.75, 3.05) is 26.2 Å². The summed E-state index contributed by atoms with van der Waals surface area (Å²) in [6.07, 6.45) is 1.63. The van der Waals surface area contributed by atoms with Crippen molar-refractivity contribution >= 4 is 11.8 Å². The molecule has 0 aliphatic carbocycles. The Morgan fingerprint density at radius 1 is 1.32 bits per heavy atom. The SMILES string of the molecule is Cc1cccc(OCC(=O)NCC2CCN(C(=O)CC#N)CC2)c1C. The van der Waals surface area contributed by atoms with Gasteiger partial charge in [0.2, 0.25) is 5.91 Å². The van der Waals surface area contributed by atoms with Crippen LogP contribution >= 0.6 is 0 Å². The fraction of sp³-hybridized carbons (Fsp3) is 0.526. The predicted molar refractivity (Wildman–Crippen MR) is 94.0 cm³/mol. The molecule has 0 bridgehead atoms. The van der Waals surface area contributed by atoms with Crippen LogP contribution in [-0.2, 0) is 9.59 Å². The molecule has 0 radical (unpaired) electrons. The van der Waals surface area contributed by atoms with E-state index in [1.807, 2.05) is 38.1 Å². The molecule has 6 nitrogen and oxygen atoms in total. The van der Waals surface area contributed by atoms with Crippen LogP contribution in [0.1, 0.15) is 30.4 Å². The van der Waals surface area contributed by atoms with Crippen LogP contribution in [0, 0.1) is 31.1 Å². The zero-order valence-electron chi connectivity index (χ0n) is 14.9. The minimum Gasteiger partial charge on any atom is -0.483 e. The summed E-state index contributed by atoms with van der Waals surface area (Å²) in [5.74, 6) is 0.853. The van der Waals surface area contributed by atoms with E-state index in [9.17, 15) is 9.59 Å². The molecule has 0 saturated carbocycles. The zero-order chi connectivity index (χ0) is 18.2. The number of carbonyl (C=O) groups excluding carboxylic acids is 2. The van der Waals surface area contributed by atoms with Gasteiger partial charge in [-0.2, -0.15) is 5.26 Å². The average Bonchev–Trinajstić information content (AvgIpc) is 2.62. The summed E-state index contributed by atoms with van der Waals surface area (Å²) < 4.78 is 5.60. The predicted octanol–water partition coefficient (Wildman–Crippen LogP) is 1.95. The molecule has 0 unspecified atom stereocenters. The van der Waals surface area contributed by atoms with E-state index in [0.717, 1.165) is 29.7 Å². The first-order valence-electron chi connectivity index (χ1n) is 8.61. The summed E-state index contributed by atoms with van der Waals surface area (Å²) in [5, 5.41) is 11.5. The Labute approximate surface area is 148 Å². The number of nitrogens with one attached hydrogen (secondary N) is 1.